The number of hydrogen-bond donors (Lipinski definition) is 1. The Morgan fingerprint density at radius 2 is 2.14 bits per heavy atom. The fraction of sp³-hybridized carbons (Fsp3) is 0.500. The Bertz CT molecular complexity index is 331. The Morgan fingerprint density at radius 1 is 1.43 bits per heavy atom. The van der Waals surface area contributed by atoms with Crippen molar-refractivity contribution >= 4 is 33.0 Å². The summed E-state index contributed by atoms with van der Waals surface area (Å²) in [6, 6.07) is 0. The molecule has 1 fully saturated rings. The lowest BCUT2D eigenvalue weighted by atomic mass is 9.91. The summed E-state index contributed by atoms with van der Waals surface area (Å²) >= 11 is 4.98. The van der Waals surface area contributed by atoms with Gasteiger partial charge in [0.05, 0.1) is 0 Å². The van der Waals surface area contributed by atoms with Gasteiger partial charge in [0, 0.05) is 26.7 Å². The number of thiophene rings is 1. The van der Waals surface area contributed by atoms with Crippen molar-refractivity contribution in [3.05, 3.63) is 20.8 Å². The van der Waals surface area contributed by atoms with Crippen molar-refractivity contribution in [2.75, 3.05) is 13.1 Å². The minimum absolute atomic E-state index is 0.224. The van der Waals surface area contributed by atoms with Crippen LogP contribution in [0.5, 0.6) is 0 Å². The number of carbonyl (C=O) groups is 1. The summed E-state index contributed by atoms with van der Waals surface area (Å²) < 4.78 is 0.950. The van der Waals surface area contributed by atoms with E-state index in [0.717, 1.165) is 36.0 Å². The maximum atomic E-state index is 12.0. The molecule has 4 heteroatoms. The topological polar surface area (TPSA) is 29.1 Å². The van der Waals surface area contributed by atoms with E-state index in [-0.39, 0.29) is 5.92 Å². The highest BCUT2D eigenvalue weighted by Gasteiger charge is 2.23. The molecule has 2 heterocycles. The fourth-order valence-electron chi connectivity index (χ4n) is 1.76. The Kier molecular flexibility index (Phi) is 3.36. The highest BCUT2D eigenvalue weighted by atomic mass is 79.9. The molecule has 1 aliphatic heterocycles. The van der Waals surface area contributed by atoms with Gasteiger partial charge in [-0.15, -0.1) is 0 Å². The van der Waals surface area contributed by atoms with E-state index in [0.29, 0.717) is 5.78 Å². The van der Waals surface area contributed by atoms with Gasteiger partial charge in [-0.25, -0.2) is 0 Å². The van der Waals surface area contributed by atoms with Crippen LogP contribution < -0.4 is 5.32 Å². The molecule has 0 unspecified atom stereocenters. The number of ketones is 1. The predicted molar refractivity (Wildman–Crippen MR) is 61.9 cm³/mol. The first kappa shape index (κ1) is 10.3. The Balaban J connectivity index is 2.11. The van der Waals surface area contributed by atoms with E-state index < -0.39 is 0 Å². The second-order valence-corrected chi connectivity index (χ2v) is 5.12. The van der Waals surface area contributed by atoms with E-state index in [2.05, 4.69) is 21.2 Å². The molecule has 0 atom stereocenters. The molecule has 2 rings (SSSR count). The zero-order valence-electron chi connectivity index (χ0n) is 7.75. The average Bonchev–Trinajstić information content (AvgIpc) is 2.65. The van der Waals surface area contributed by atoms with Gasteiger partial charge in [-0.2, -0.15) is 11.3 Å². The molecule has 76 valence electrons. The van der Waals surface area contributed by atoms with Crippen LogP contribution in [0.25, 0.3) is 0 Å². The van der Waals surface area contributed by atoms with Crippen molar-refractivity contribution in [3.63, 3.8) is 0 Å². The summed E-state index contributed by atoms with van der Waals surface area (Å²) in [5.74, 6) is 0.529. The van der Waals surface area contributed by atoms with Crippen molar-refractivity contribution in [1.82, 2.24) is 5.32 Å². The van der Waals surface area contributed by atoms with E-state index in [1.165, 1.54) is 0 Å². The van der Waals surface area contributed by atoms with Gasteiger partial charge < -0.3 is 5.32 Å². The maximum Gasteiger partial charge on any atom is 0.168 e. The van der Waals surface area contributed by atoms with Gasteiger partial charge in [-0.1, -0.05) is 0 Å². The standard InChI is InChI=1S/C10H12BrNOS/c11-9-6-14-5-8(9)10(13)7-1-3-12-4-2-7/h5-7,12H,1-4H2. The third-order valence-corrected chi connectivity index (χ3v) is 4.29. The highest BCUT2D eigenvalue weighted by molar-refractivity contribution is 9.10. The third kappa shape index (κ3) is 2.07. The minimum atomic E-state index is 0.224. The molecule has 0 saturated carbocycles. The van der Waals surface area contributed by atoms with E-state index in [4.69, 9.17) is 0 Å². The summed E-state index contributed by atoms with van der Waals surface area (Å²) in [7, 11) is 0. The molecule has 1 aromatic rings. The number of halogens is 1. The average molecular weight is 274 g/mol. The highest BCUT2D eigenvalue weighted by Crippen LogP contribution is 2.26. The molecule has 0 aliphatic carbocycles. The van der Waals surface area contributed by atoms with Crippen molar-refractivity contribution in [3.8, 4) is 0 Å². The molecular weight excluding hydrogens is 262 g/mol. The van der Waals surface area contributed by atoms with Gasteiger partial charge in [-0.3, -0.25) is 4.79 Å². The Hall–Kier alpha value is -0.190. The number of nitrogens with one attached hydrogen (secondary N) is 1. The monoisotopic (exact) mass is 273 g/mol. The van der Waals surface area contributed by atoms with Crippen molar-refractivity contribution < 1.29 is 4.79 Å². The number of carbonyl (C=O) groups excluding carboxylic acids is 1. The zero-order chi connectivity index (χ0) is 9.97. The van der Waals surface area contributed by atoms with Gasteiger partial charge >= 0.3 is 0 Å². The maximum absolute atomic E-state index is 12.0. The van der Waals surface area contributed by atoms with Crippen LogP contribution in [0.15, 0.2) is 15.2 Å². The minimum Gasteiger partial charge on any atom is -0.317 e. The van der Waals surface area contributed by atoms with Crippen molar-refractivity contribution in [2.45, 2.75) is 12.8 Å². The van der Waals surface area contributed by atoms with Crippen LogP contribution in [0.3, 0.4) is 0 Å². The van der Waals surface area contributed by atoms with Gasteiger partial charge in [0.2, 0.25) is 0 Å². The van der Waals surface area contributed by atoms with Gasteiger partial charge in [-0.05, 0) is 41.9 Å². The van der Waals surface area contributed by atoms with Crippen LogP contribution in [-0.4, -0.2) is 18.9 Å². The molecule has 2 nitrogen and oxygen atoms in total. The summed E-state index contributed by atoms with van der Waals surface area (Å²) in [6.45, 7) is 1.94. The second-order valence-electron chi connectivity index (χ2n) is 3.52. The Labute approximate surface area is 95.8 Å². The quantitative estimate of drug-likeness (QED) is 0.840. The zero-order valence-corrected chi connectivity index (χ0v) is 10.2. The van der Waals surface area contributed by atoms with Crippen LogP contribution in [0.4, 0.5) is 0 Å². The molecule has 0 aromatic carbocycles. The fourth-order valence-corrected chi connectivity index (χ4v) is 3.24. The van der Waals surface area contributed by atoms with Crippen LogP contribution in [0.2, 0.25) is 0 Å². The van der Waals surface area contributed by atoms with E-state index >= 15 is 0 Å². The summed E-state index contributed by atoms with van der Waals surface area (Å²) in [6.07, 6.45) is 1.95. The van der Waals surface area contributed by atoms with Crippen molar-refractivity contribution in [1.29, 1.82) is 0 Å². The predicted octanol–water partition coefficient (Wildman–Crippen LogP) is 2.69. The molecule has 0 spiro atoms. The molecule has 14 heavy (non-hydrogen) atoms. The number of hydrogen-bond acceptors (Lipinski definition) is 3. The first-order chi connectivity index (χ1) is 6.79. The lowest BCUT2D eigenvalue weighted by Crippen LogP contribution is -2.31. The number of Topliss-reactive ketones (excluding diaryl/α,β-unsaturated/α-hetero) is 1. The van der Waals surface area contributed by atoms with E-state index in [1.54, 1.807) is 11.3 Å². The molecule has 1 saturated heterocycles. The van der Waals surface area contributed by atoms with Gasteiger partial charge in [0.1, 0.15) is 0 Å². The third-order valence-electron chi connectivity index (χ3n) is 2.59. The SMILES string of the molecule is O=C(c1cscc1Br)C1CCNCC1. The summed E-state index contributed by atoms with van der Waals surface area (Å²) in [5, 5.41) is 7.17. The largest absolute Gasteiger partial charge is 0.317 e. The first-order valence-electron chi connectivity index (χ1n) is 4.75. The van der Waals surface area contributed by atoms with Gasteiger partial charge in [0.25, 0.3) is 0 Å². The lowest BCUT2D eigenvalue weighted by Gasteiger charge is -2.21. The number of piperidine rings is 1. The molecular formula is C10H12BrNOS. The van der Waals surface area contributed by atoms with Gasteiger partial charge in [0.15, 0.2) is 5.78 Å². The van der Waals surface area contributed by atoms with Crippen LogP contribution in [-0.2, 0) is 0 Å². The normalized spacial score (nSPS) is 18.4. The van der Waals surface area contributed by atoms with Crippen LogP contribution in [0, 0.1) is 5.92 Å². The van der Waals surface area contributed by atoms with E-state index in [9.17, 15) is 4.79 Å². The van der Waals surface area contributed by atoms with Crippen LogP contribution in [0.1, 0.15) is 23.2 Å². The van der Waals surface area contributed by atoms with Crippen LogP contribution >= 0.6 is 27.3 Å². The number of rotatable bonds is 2. The molecule has 1 aromatic heterocycles. The second kappa shape index (κ2) is 4.55. The Morgan fingerprint density at radius 3 is 2.71 bits per heavy atom. The molecule has 0 bridgehead atoms. The first-order valence-corrected chi connectivity index (χ1v) is 6.49. The van der Waals surface area contributed by atoms with E-state index in [1.807, 2.05) is 10.8 Å². The van der Waals surface area contributed by atoms with Crippen molar-refractivity contribution in [2.24, 2.45) is 5.92 Å². The molecule has 1 N–H and O–H groups in total. The smallest absolute Gasteiger partial charge is 0.168 e. The lowest BCUT2D eigenvalue weighted by molar-refractivity contribution is 0.0895. The summed E-state index contributed by atoms with van der Waals surface area (Å²) in [5.41, 5.74) is 0.863. The molecule has 1 aliphatic rings. The molecule has 0 radical (unpaired) electrons. The summed E-state index contributed by atoms with van der Waals surface area (Å²) in [4.78, 5) is 12.0. The molecule has 0 amide bonds.